The van der Waals surface area contributed by atoms with Crippen molar-refractivity contribution in [2.75, 3.05) is 10.8 Å². The predicted molar refractivity (Wildman–Crippen MR) is 95.7 cm³/mol. The lowest BCUT2D eigenvalue weighted by Crippen LogP contribution is -2.30. The number of rotatable bonds is 5. The van der Waals surface area contributed by atoms with Gasteiger partial charge in [0.05, 0.1) is 5.69 Å². The summed E-state index contributed by atoms with van der Waals surface area (Å²) in [5.41, 5.74) is 0.802. The van der Waals surface area contributed by atoms with E-state index in [1.54, 1.807) is 22.5 Å². The Bertz CT molecular complexity index is 1030. The molecule has 0 unspecified atom stereocenters. The topological polar surface area (TPSA) is 105 Å². The summed E-state index contributed by atoms with van der Waals surface area (Å²) in [6.07, 6.45) is 4.39. The van der Waals surface area contributed by atoms with Crippen LogP contribution in [0.25, 0.3) is 11.3 Å². The fourth-order valence-electron chi connectivity index (χ4n) is 3.27. The molecule has 27 heavy (non-hydrogen) atoms. The summed E-state index contributed by atoms with van der Waals surface area (Å²) < 4.78 is 43.2. The fourth-order valence-corrected chi connectivity index (χ4v) is 4.43. The molecule has 2 aromatic rings. The largest absolute Gasteiger partial charge is 0.506 e. The third-order valence-electron chi connectivity index (χ3n) is 4.92. The van der Waals surface area contributed by atoms with Crippen LogP contribution >= 0.6 is 0 Å². The van der Waals surface area contributed by atoms with Crippen LogP contribution in [-0.2, 0) is 28.5 Å². The molecule has 0 spiro atoms. The maximum atomic E-state index is 15.2. The Labute approximate surface area is 155 Å². The number of carbonyl (C=O) groups excluding carboxylic acids is 1. The van der Waals surface area contributed by atoms with Crippen LogP contribution in [0.4, 0.5) is 10.1 Å². The van der Waals surface area contributed by atoms with Gasteiger partial charge in [0.2, 0.25) is 0 Å². The number of halogens is 1. The number of aromatic hydroxyl groups is 1. The summed E-state index contributed by atoms with van der Waals surface area (Å²) in [6.45, 7) is -0.592. The highest BCUT2D eigenvalue weighted by atomic mass is 32.2. The molecule has 4 rings (SSSR count). The first-order valence-electron chi connectivity index (χ1n) is 8.64. The van der Waals surface area contributed by atoms with E-state index < -0.39 is 39.9 Å². The van der Waals surface area contributed by atoms with Crippen molar-refractivity contribution in [1.82, 2.24) is 14.5 Å². The molecule has 0 bridgehead atoms. The Balaban J connectivity index is 1.72. The Kier molecular flexibility index (Phi) is 4.10. The van der Waals surface area contributed by atoms with Gasteiger partial charge in [-0.05, 0) is 37.0 Å². The van der Waals surface area contributed by atoms with Crippen LogP contribution < -0.4 is 9.03 Å². The number of phenols is 1. The van der Waals surface area contributed by atoms with Gasteiger partial charge in [0.25, 0.3) is 5.91 Å². The number of benzene rings is 1. The van der Waals surface area contributed by atoms with Crippen molar-refractivity contribution in [3.8, 4) is 17.0 Å². The van der Waals surface area contributed by atoms with Gasteiger partial charge in [0.1, 0.15) is 18.0 Å². The molecule has 2 fully saturated rings. The second kappa shape index (κ2) is 6.22. The minimum Gasteiger partial charge on any atom is -0.506 e. The van der Waals surface area contributed by atoms with Crippen LogP contribution in [0.15, 0.2) is 18.2 Å². The SMILES string of the molecule is Cn1nc(-c2ccc(O)c(N3CC(=O)NS3(=O)=O)c2F)cc1CCC1CC1. The number of anilines is 1. The zero-order valence-electron chi connectivity index (χ0n) is 14.6. The monoisotopic (exact) mass is 394 g/mol. The van der Waals surface area contributed by atoms with Crippen molar-refractivity contribution in [2.45, 2.75) is 25.7 Å². The van der Waals surface area contributed by atoms with Gasteiger partial charge >= 0.3 is 10.2 Å². The number of aromatic nitrogens is 2. The Morgan fingerprint density at radius 1 is 1.37 bits per heavy atom. The molecular weight excluding hydrogens is 375 g/mol. The first-order valence-corrected chi connectivity index (χ1v) is 10.1. The van der Waals surface area contributed by atoms with Crippen molar-refractivity contribution in [2.24, 2.45) is 13.0 Å². The van der Waals surface area contributed by atoms with Crippen LogP contribution in [-0.4, -0.2) is 35.8 Å². The molecule has 1 aromatic heterocycles. The number of amides is 1. The minimum atomic E-state index is -4.24. The highest BCUT2D eigenvalue weighted by Gasteiger charge is 2.38. The molecule has 1 saturated heterocycles. The first-order chi connectivity index (χ1) is 12.8. The fraction of sp³-hybridized carbons (Fsp3) is 0.412. The summed E-state index contributed by atoms with van der Waals surface area (Å²) in [6, 6.07) is 4.31. The molecule has 1 amide bonds. The second-order valence-electron chi connectivity index (χ2n) is 6.96. The number of phenolic OH excluding ortho intramolecular Hbond substituents is 1. The lowest BCUT2D eigenvalue weighted by molar-refractivity contribution is -0.117. The summed E-state index contributed by atoms with van der Waals surface area (Å²) in [5, 5.41) is 14.4. The van der Waals surface area contributed by atoms with E-state index in [9.17, 15) is 18.3 Å². The van der Waals surface area contributed by atoms with E-state index in [1.807, 2.05) is 0 Å². The third-order valence-corrected chi connectivity index (χ3v) is 6.30. The second-order valence-corrected chi connectivity index (χ2v) is 8.55. The molecule has 0 atom stereocenters. The Hall–Kier alpha value is -2.62. The molecule has 1 aromatic carbocycles. The summed E-state index contributed by atoms with van der Waals surface area (Å²) >= 11 is 0. The Morgan fingerprint density at radius 3 is 2.74 bits per heavy atom. The minimum absolute atomic E-state index is 0.0608. The summed E-state index contributed by atoms with van der Waals surface area (Å²) in [5.74, 6) is -1.55. The quantitative estimate of drug-likeness (QED) is 0.799. The van der Waals surface area contributed by atoms with Crippen LogP contribution in [0.1, 0.15) is 25.0 Å². The van der Waals surface area contributed by atoms with Gasteiger partial charge in [-0.25, -0.2) is 13.4 Å². The molecule has 144 valence electrons. The molecule has 1 aliphatic heterocycles. The van der Waals surface area contributed by atoms with E-state index >= 15 is 4.39 Å². The molecule has 2 N–H and O–H groups in total. The van der Waals surface area contributed by atoms with Crippen molar-refractivity contribution < 1.29 is 22.7 Å². The van der Waals surface area contributed by atoms with Crippen LogP contribution in [0.2, 0.25) is 0 Å². The van der Waals surface area contributed by atoms with Gasteiger partial charge in [0.15, 0.2) is 5.82 Å². The molecule has 2 aliphatic rings. The van der Waals surface area contributed by atoms with Crippen molar-refractivity contribution in [3.63, 3.8) is 0 Å². The number of nitrogens with zero attached hydrogens (tertiary/aromatic N) is 3. The lowest BCUT2D eigenvalue weighted by Gasteiger charge is -2.18. The van der Waals surface area contributed by atoms with E-state index in [0.717, 1.165) is 24.5 Å². The zero-order chi connectivity index (χ0) is 19.3. The summed E-state index contributed by atoms with van der Waals surface area (Å²) in [7, 11) is -2.46. The molecule has 1 saturated carbocycles. The van der Waals surface area contributed by atoms with Crippen molar-refractivity contribution in [3.05, 3.63) is 29.7 Å². The number of carbonyl (C=O) groups is 1. The van der Waals surface area contributed by atoms with Gasteiger partial charge < -0.3 is 5.11 Å². The van der Waals surface area contributed by atoms with E-state index in [-0.39, 0.29) is 5.56 Å². The molecule has 0 radical (unpaired) electrons. The number of aryl methyl sites for hydroxylation is 2. The average molecular weight is 394 g/mol. The van der Waals surface area contributed by atoms with E-state index in [4.69, 9.17) is 0 Å². The third kappa shape index (κ3) is 3.25. The van der Waals surface area contributed by atoms with Gasteiger partial charge in [-0.2, -0.15) is 13.5 Å². The van der Waals surface area contributed by atoms with Crippen LogP contribution in [0, 0.1) is 11.7 Å². The van der Waals surface area contributed by atoms with Gasteiger partial charge in [-0.1, -0.05) is 12.8 Å². The predicted octanol–water partition coefficient (Wildman–Crippen LogP) is 1.46. The normalized spacial score (nSPS) is 18.7. The van der Waals surface area contributed by atoms with E-state index in [2.05, 4.69) is 5.10 Å². The molecule has 8 nitrogen and oxygen atoms in total. The number of hydrogen-bond acceptors (Lipinski definition) is 5. The molecule has 10 heteroatoms. The van der Waals surface area contributed by atoms with Crippen molar-refractivity contribution >= 4 is 21.8 Å². The summed E-state index contributed by atoms with van der Waals surface area (Å²) in [4.78, 5) is 11.4. The molecule has 2 heterocycles. The van der Waals surface area contributed by atoms with E-state index in [0.29, 0.717) is 10.00 Å². The lowest BCUT2D eigenvalue weighted by atomic mass is 10.1. The van der Waals surface area contributed by atoms with Gasteiger partial charge in [-0.15, -0.1) is 0 Å². The number of hydrogen-bond donors (Lipinski definition) is 2. The maximum Gasteiger partial charge on any atom is 0.326 e. The average Bonchev–Trinajstić information content (AvgIpc) is 3.28. The van der Waals surface area contributed by atoms with Crippen molar-refractivity contribution in [1.29, 1.82) is 0 Å². The van der Waals surface area contributed by atoms with Crippen LogP contribution in [0.5, 0.6) is 5.75 Å². The molecule has 1 aliphatic carbocycles. The highest BCUT2D eigenvalue weighted by molar-refractivity contribution is 7.92. The van der Waals surface area contributed by atoms with Gasteiger partial charge in [-0.3, -0.25) is 9.48 Å². The molecular formula is C17H19FN4O4S. The smallest absolute Gasteiger partial charge is 0.326 e. The standard InChI is InChI=1S/C17H19FN4O4S/c1-21-11(5-4-10-2-3-10)8-13(19-21)12-6-7-14(23)17(16(12)18)22-9-15(24)20-27(22,25)26/h6-8,10,23H,2-5,9H2,1H3,(H,20,24). The maximum absolute atomic E-state index is 15.2. The first kappa shape index (κ1) is 17.8. The highest BCUT2D eigenvalue weighted by Crippen LogP contribution is 2.39. The zero-order valence-corrected chi connectivity index (χ0v) is 15.5. The van der Waals surface area contributed by atoms with Crippen LogP contribution in [0.3, 0.4) is 0 Å². The van der Waals surface area contributed by atoms with E-state index in [1.165, 1.54) is 25.0 Å². The number of nitrogens with one attached hydrogen (secondary N) is 1. The Morgan fingerprint density at radius 2 is 2.11 bits per heavy atom. The van der Waals surface area contributed by atoms with Gasteiger partial charge in [0, 0.05) is 18.3 Å².